The van der Waals surface area contributed by atoms with E-state index in [4.69, 9.17) is 4.98 Å². The van der Waals surface area contributed by atoms with E-state index in [9.17, 15) is 19.6 Å². The van der Waals surface area contributed by atoms with Gasteiger partial charge in [-0.25, -0.2) is 15.5 Å². The standard InChI is InChI=1S/C27H31N3O6P2S/c1-16-11-17(2)13-18(12-16)27-28-25(21-9-7-19(29(3)4)14-23(21)37(33)35-31)26(39-27)22-10-8-20(30(5)6)15-24(22)38(34)36-32/h7-15,31-32,37-38H,1-6H3. The first-order valence-electron chi connectivity index (χ1n) is 12.0. The Labute approximate surface area is 232 Å². The summed E-state index contributed by atoms with van der Waals surface area (Å²) < 4.78 is 34.5. The van der Waals surface area contributed by atoms with E-state index in [2.05, 4.69) is 15.4 Å². The first-order chi connectivity index (χ1) is 18.5. The quantitative estimate of drug-likeness (QED) is 0.137. The maximum atomic E-state index is 12.9. The van der Waals surface area contributed by atoms with Gasteiger partial charge in [-0.05, 0) is 56.3 Å². The molecule has 4 rings (SSSR count). The van der Waals surface area contributed by atoms with Gasteiger partial charge in [0.15, 0.2) is 0 Å². The maximum Gasteiger partial charge on any atom is 0.253 e. The molecule has 0 spiro atoms. The maximum absolute atomic E-state index is 12.9. The Hall–Kier alpha value is -2.81. The largest absolute Gasteiger partial charge is 0.378 e. The highest BCUT2D eigenvalue weighted by Gasteiger charge is 2.25. The fourth-order valence-corrected chi connectivity index (χ4v) is 7.14. The Morgan fingerprint density at radius 2 is 1.23 bits per heavy atom. The van der Waals surface area contributed by atoms with Crippen LogP contribution in [0.5, 0.6) is 0 Å². The zero-order valence-corrected chi connectivity index (χ0v) is 25.3. The van der Waals surface area contributed by atoms with Crippen molar-refractivity contribution in [1.29, 1.82) is 0 Å². The number of hydrogen-bond acceptors (Lipinski definition) is 10. The van der Waals surface area contributed by atoms with Crippen molar-refractivity contribution in [3.8, 4) is 32.3 Å². The molecule has 0 bridgehead atoms. The minimum Gasteiger partial charge on any atom is -0.378 e. The third kappa shape index (κ3) is 6.18. The Kier molecular flexibility index (Phi) is 9.09. The molecule has 12 heteroatoms. The number of hydrogen-bond donors (Lipinski definition) is 2. The summed E-state index contributed by atoms with van der Waals surface area (Å²) in [6.45, 7) is 4.02. The normalized spacial score (nSPS) is 12.8. The van der Waals surface area contributed by atoms with Crippen molar-refractivity contribution in [1.82, 2.24) is 4.98 Å². The summed E-state index contributed by atoms with van der Waals surface area (Å²) in [5, 5.41) is 20.1. The zero-order chi connectivity index (χ0) is 28.4. The molecule has 0 aliphatic heterocycles. The van der Waals surface area contributed by atoms with Crippen molar-refractivity contribution < 1.29 is 29.0 Å². The average Bonchev–Trinajstić information content (AvgIpc) is 3.36. The first kappa shape index (κ1) is 29.2. The third-order valence-electron chi connectivity index (χ3n) is 6.24. The van der Waals surface area contributed by atoms with Crippen LogP contribution < -0.4 is 20.4 Å². The predicted molar refractivity (Wildman–Crippen MR) is 161 cm³/mol. The second-order valence-electron chi connectivity index (χ2n) is 9.58. The van der Waals surface area contributed by atoms with Gasteiger partial charge in [-0.1, -0.05) is 23.3 Å². The summed E-state index contributed by atoms with van der Waals surface area (Å²) in [7, 11) is 1.37. The van der Waals surface area contributed by atoms with E-state index >= 15 is 0 Å². The first-order valence-corrected chi connectivity index (χ1v) is 15.4. The molecule has 39 heavy (non-hydrogen) atoms. The van der Waals surface area contributed by atoms with Crippen LogP contribution in [0.1, 0.15) is 11.1 Å². The SMILES string of the molecule is Cc1cc(C)cc(-c2nc(-c3ccc(N(C)C)cc3[PH](=O)OO)c(-c3ccc(N(C)C)cc3[PH](=O)OO)s2)c1. The van der Waals surface area contributed by atoms with Gasteiger partial charge in [0, 0.05) is 66.9 Å². The lowest BCUT2D eigenvalue weighted by atomic mass is 10.0. The fourth-order valence-electron chi connectivity index (χ4n) is 4.37. The van der Waals surface area contributed by atoms with Gasteiger partial charge < -0.3 is 9.80 Å². The summed E-state index contributed by atoms with van der Waals surface area (Å²) >= 11 is 1.38. The molecule has 0 aliphatic rings. The minimum absolute atomic E-state index is 0.296. The van der Waals surface area contributed by atoms with Crippen molar-refractivity contribution in [3.63, 3.8) is 0 Å². The number of benzene rings is 3. The molecule has 0 fully saturated rings. The monoisotopic (exact) mass is 587 g/mol. The van der Waals surface area contributed by atoms with E-state index in [1.807, 2.05) is 82.2 Å². The van der Waals surface area contributed by atoms with Gasteiger partial charge in [0.05, 0.1) is 10.6 Å². The highest BCUT2D eigenvalue weighted by Crippen LogP contribution is 2.44. The predicted octanol–water partition coefficient (Wildman–Crippen LogP) is 6.07. The van der Waals surface area contributed by atoms with Crippen LogP contribution >= 0.6 is 27.4 Å². The van der Waals surface area contributed by atoms with Gasteiger partial charge in [0.25, 0.3) is 16.1 Å². The Balaban J connectivity index is 2.07. The van der Waals surface area contributed by atoms with Crippen LogP contribution in [0.3, 0.4) is 0 Å². The van der Waals surface area contributed by atoms with Gasteiger partial charge in [-0.2, -0.15) is 9.35 Å². The van der Waals surface area contributed by atoms with Crippen LogP contribution in [0.15, 0.2) is 54.6 Å². The van der Waals surface area contributed by atoms with Crippen molar-refractivity contribution in [2.24, 2.45) is 0 Å². The molecule has 0 saturated heterocycles. The van der Waals surface area contributed by atoms with Crippen molar-refractivity contribution in [3.05, 3.63) is 65.7 Å². The Bertz CT molecular complexity index is 1460. The Morgan fingerprint density at radius 3 is 1.72 bits per heavy atom. The lowest BCUT2D eigenvalue weighted by molar-refractivity contribution is -0.128. The molecule has 1 heterocycles. The number of rotatable bonds is 9. The van der Waals surface area contributed by atoms with E-state index in [1.54, 1.807) is 18.2 Å². The average molecular weight is 588 g/mol. The molecule has 0 aliphatic carbocycles. The topological polar surface area (TPSA) is 112 Å². The fraction of sp³-hybridized carbons (Fsp3) is 0.222. The van der Waals surface area contributed by atoms with Crippen LogP contribution in [-0.4, -0.2) is 43.7 Å². The molecule has 2 unspecified atom stereocenters. The van der Waals surface area contributed by atoms with Gasteiger partial charge in [0.1, 0.15) is 5.01 Å². The molecule has 2 atom stereocenters. The van der Waals surface area contributed by atoms with E-state index < -0.39 is 16.1 Å². The minimum atomic E-state index is -3.04. The zero-order valence-electron chi connectivity index (χ0n) is 22.5. The number of anilines is 2. The van der Waals surface area contributed by atoms with Crippen LogP contribution in [0.25, 0.3) is 32.3 Å². The van der Waals surface area contributed by atoms with E-state index in [1.165, 1.54) is 11.3 Å². The second-order valence-corrected chi connectivity index (χ2v) is 13.2. The van der Waals surface area contributed by atoms with Crippen LogP contribution in [-0.2, 0) is 18.5 Å². The van der Waals surface area contributed by atoms with Gasteiger partial charge in [-0.3, -0.25) is 9.13 Å². The lowest BCUT2D eigenvalue weighted by Gasteiger charge is -2.17. The summed E-state index contributed by atoms with van der Waals surface area (Å²) in [6.07, 6.45) is 0. The molecular formula is C27H31N3O6P2S. The smallest absolute Gasteiger partial charge is 0.253 e. The van der Waals surface area contributed by atoms with Gasteiger partial charge in [-0.15, -0.1) is 11.3 Å². The van der Waals surface area contributed by atoms with Crippen LogP contribution in [0, 0.1) is 13.8 Å². The second kappa shape index (κ2) is 12.1. The van der Waals surface area contributed by atoms with E-state index in [0.717, 1.165) is 28.1 Å². The molecule has 2 N–H and O–H groups in total. The summed E-state index contributed by atoms with van der Waals surface area (Å²) in [5.41, 5.74) is 6.16. The van der Waals surface area contributed by atoms with Crippen LogP contribution in [0.2, 0.25) is 0 Å². The highest BCUT2D eigenvalue weighted by atomic mass is 32.1. The summed E-state index contributed by atoms with van der Waals surface area (Å²) in [5.74, 6) is 0. The molecule has 1 aromatic heterocycles. The molecule has 0 saturated carbocycles. The Morgan fingerprint density at radius 1 is 0.744 bits per heavy atom. The lowest BCUT2D eigenvalue weighted by Crippen LogP contribution is -2.13. The molecular weight excluding hydrogens is 556 g/mol. The number of aryl methyl sites for hydroxylation is 2. The molecule has 3 aromatic carbocycles. The molecule has 206 valence electrons. The molecule has 0 radical (unpaired) electrons. The molecule has 4 aromatic rings. The van der Waals surface area contributed by atoms with Crippen molar-refractivity contribution in [2.45, 2.75) is 13.8 Å². The van der Waals surface area contributed by atoms with Gasteiger partial charge in [0.2, 0.25) is 0 Å². The van der Waals surface area contributed by atoms with Gasteiger partial charge >= 0.3 is 0 Å². The highest BCUT2D eigenvalue weighted by molar-refractivity contribution is 7.49. The van der Waals surface area contributed by atoms with Crippen LogP contribution in [0.4, 0.5) is 11.4 Å². The van der Waals surface area contributed by atoms with Crippen molar-refractivity contribution >= 4 is 49.4 Å². The van der Waals surface area contributed by atoms with E-state index in [0.29, 0.717) is 37.3 Å². The molecule has 0 amide bonds. The molecule has 9 nitrogen and oxygen atoms in total. The van der Waals surface area contributed by atoms with E-state index in [-0.39, 0.29) is 0 Å². The summed E-state index contributed by atoms with van der Waals surface area (Å²) in [4.78, 5) is 9.34. The number of nitrogens with zero attached hydrogens (tertiary/aromatic N) is 3. The number of aromatic nitrogens is 1. The number of thiazole rings is 1. The van der Waals surface area contributed by atoms with Crippen molar-refractivity contribution in [2.75, 3.05) is 38.0 Å². The third-order valence-corrected chi connectivity index (χ3v) is 9.42. The summed E-state index contributed by atoms with van der Waals surface area (Å²) in [6, 6.07) is 16.9.